The first-order valence-electron chi connectivity index (χ1n) is 3.50. The monoisotopic (exact) mass is 182 g/mol. The first kappa shape index (κ1) is 7.35. The molecule has 0 N–H and O–H groups in total. The van der Waals surface area contributed by atoms with E-state index in [0.29, 0.717) is 11.8 Å². The van der Waals surface area contributed by atoms with Gasteiger partial charge < -0.3 is 4.42 Å². The molecule has 2 rings (SSSR count). The van der Waals surface area contributed by atoms with E-state index in [0.717, 1.165) is 11.3 Å². The first-order chi connectivity index (χ1) is 5.90. The molecule has 2 aromatic heterocycles. The van der Waals surface area contributed by atoms with Gasteiger partial charge in [0.05, 0.1) is 6.20 Å². The summed E-state index contributed by atoms with van der Waals surface area (Å²) < 4.78 is 8.98. The normalized spacial score (nSPS) is 10.4. The third-order valence-corrected chi connectivity index (χ3v) is 1.99. The van der Waals surface area contributed by atoms with Crippen LogP contribution in [0.15, 0.2) is 10.6 Å². The van der Waals surface area contributed by atoms with Crippen LogP contribution in [0.5, 0.6) is 0 Å². The van der Waals surface area contributed by atoms with Gasteiger partial charge in [-0.25, -0.2) is 0 Å². The lowest BCUT2D eigenvalue weighted by Crippen LogP contribution is -1.76. The predicted octanol–water partition coefficient (Wildman–Crippen LogP) is 1.15. The molecule has 62 valence electrons. The molecule has 0 spiro atoms. The zero-order valence-electron chi connectivity index (χ0n) is 6.39. The third kappa shape index (κ3) is 1.20. The standard InChI is InChI=1S/C6H6N4OS/c1-2-5-8-9-6(11-5)4-3-7-10-12-4/h3H,2H2,1H3. The van der Waals surface area contributed by atoms with Crippen LogP contribution >= 0.6 is 11.5 Å². The van der Waals surface area contributed by atoms with Crippen molar-refractivity contribution in [3.05, 3.63) is 12.1 Å². The predicted molar refractivity (Wildman–Crippen MR) is 42.6 cm³/mol. The van der Waals surface area contributed by atoms with E-state index < -0.39 is 0 Å². The van der Waals surface area contributed by atoms with Crippen LogP contribution in [0.25, 0.3) is 10.8 Å². The summed E-state index contributed by atoms with van der Waals surface area (Å²) >= 11 is 1.24. The molecule has 6 heteroatoms. The van der Waals surface area contributed by atoms with Crippen molar-refractivity contribution in [1.29, 1.82) is 0 Å². The fourth-order valence-electron chi connectivity index (χ4n) is 0.757. The molecule has 0 fully saturated rings. The molecule has 0 radical (unpaired) electrons. The van der Waals surface area contributed by atoms with Gasteiger partial charge in [0.15, 0.2) is 0 Å². The summed E-state index contributed by atoms with van der Waals surface area (Å²) in [6.07, 6.45) is 2.36. The highest BCUT2D eigenvalue weighted by atomic mass is 32.1. The number of nitrogens with zero attached hydrogens (tertiary/aromatic N) is 4. The molecule has 2 heterocycles. The van der Waals surface area contributed by atoms with Crippen molar-refractivity contribution in [1.82, 2.24) is 19.8 Å². The quantitative estimate of drug-likeness (QED) is 0.697. The molecule has 0 saturated carbocycles. The SMILES string of the molecule is CCc1nnc(-c2cnns2)o1. The van der Waals surface area contributed by atoms with E-state index in [4.69, 9.17) is 4.42 Å². The topological polar surface area (TPSA) is 64.7 Å². The van der Waals surface area contributed by atoms with E-state index in [9.17, 15) is 0 Å². The Morgan fingerprint density at radius 1 is 1.50 bits per heavy atom. The minimum atomic E-state index is 0.502. The minimum Gasteiger partial charge on any atom is -0.420 e. The number of aryl methyl sites for hydroxylation is 1. The van der Waals surface area contributed by atoms with E-state index >= 15 is 0 Å². The van der Waals surface area contributed by atoms with Crippen LogP contribution in [0.2, 0.25) is 0 Å². The molecule has 2 aromatic rings. The smallest absolute Gasteiger partial charge is 0.261 e. The largest absolute Gasteiger partial charge is 0.420 e. The van der Waals surface area contributed by atoms with E-state index in [1.807, 2.05) is 6.92 Å². The molecule has 0 aliphatic rings. The summed E-state index contributed by atoms with van der Waals surface area (Å²) in [4.78, 5) is 0.808. The summed E-state index contributed by atoms with van der Waals surface area (Å²) in [5, 5.41) is 11.3. The van der Waals surface area contributed by atoms with E-state index in [2.05, 4.69) is 19.8 Å². The maximum absolute atomic E-state index is 5.29. The van der Waals surface area contributed by atoms with Gasteiger partial charge in [-0.05, 0) is 11.5 Å². The zero-order valence-corrected chi connectivity index (χ0v) is 7.21. The Labute approximate surface area is 72.6 Å². The number of hydrogen-bond acceptors (Lipinski definition) is 6. The maximum Gasteiger partial charge on any atom is 0.261 e. The summed E-state index contributed by atoms with van der Waals surface area (Å²) in [5.74, 6) is 1.14. The molecule has 12 heavy (non-hydrogen) atoms. The Morgan fingerprint density at radius 3 is 3.00 bits per heavy atom. The maximum atomic E-state index is 5.29. The highest BCUT2D eigenvalue weighted by molar-refractivity contribution is 7.09. The molecule has 0 atom stereocenters. The Hall–Kier alpha value is -1.30. The summed E-state index contributed by atoms with van der Waals surface area (Å²) in [7, 11) is 0. The molecular formula is C6H6N4OS. The van der Waals surface area contributed by atoms with Crippen LogP contribution in [0.1, 0.15) is 12.8 Å². The molecule has 0 amide bonds. The summed E-state index contributed by atoms with van der Waals surface area (Å²) in [6, 6.07) is 0. The Bertz CT molecular complexity index is 355. The van der Waals surface area contributed by atoms with Gasteiger partial charge in [-0.1, -0.05) is 11.4 Å². The second-order valence-electron chi connectivity index (χ2n) is 2.14. The van der Waals surface area contributed by atoms with Gasteiger partial charge in [-0.15, -0.1) is 15.3 Å². The fourth-order valence-corrected chi connectivity index (χ4v) is 1.19. The lowest BCUT2D eigenvalue weighted by Gasteiger charge is -1.82. The number of hydrogen-bond donors (Lipinski definition) is 0. The Morgan fingerprint density at radius 2 is 2.42 bits per heavy atom. The highest BCUT2D eigenvalue weighted by Crippen LogP contribution is 2.19. The van der Waals surface area contributed by atoms with Gasteiger partial charge in [0.25, 0.3) is 5.89 Å². The van der Waals surface area contributed by atoms with Gasteiger partial charge >= 0.3 is 0 Å². The van der Waals surface area contributed by atoms with Crippen molar-refractivity contribution in [2.75, 3.05) is 0 Å². The van der Waals surface area contributed by atoms with E-state index in [-0.39, 0.29) is 0 Å². The Balaban J connectivity index is 2.35. The van der Waals surface area contributed by atoms with E-state index in [1.54, 1.807) is 6.20 Å². The third-order valence-electron chi connectivity index (χ3n) is 1.34. The van der Waals surface area contributed by atoms with Crippen molar-refractivity contribution in [2.45, 2.75) is 13.3 Å². The van der Waals surface area contributed by atoms with Crippen LogP contribution < -0.4 is 0 Å². The average Bonchev–Trinajstić information content (AvgIpc) is 2.75. The van der Waals surface area contributed by atoms with Crippen molar-refractivity contribution in [2.24, 2.45) is 0 Å². The average molecular weight is 182 g/mol. The van der Waals surface area contributed by atoms with Crippen LogP contribution in [-0.4, -0.2) is 19.8 Å². The minimum absolute atomic E-state index is 0.502. The van der Waals surface area contributed by atoms with Gasteiger partial charge in [0.2, 0.25) is 5.89 Å². The molecule has 5 nitrogen and oxygen atoms in total. The van der Waals surface area contributed by atoms with Crippen LogP contribution in [0.4, 0.5) is 0 Å². The Kier molecular flexibility index (Phi) is 1.83. The molecular weight excluding hydrogens is 176 g/mol. The lowest BCUT2D eigenvalue weighted by atomic mass is 10.5. The number of aromatic nitrogens is 4. The molecule has 0 aliphatic heterocycles. The van der Waals surface area contributed by atoms with Gasteiger partial charge in [0.1, 0.15) is 4.88 Å². The number of rotatable bonds is 2. The molecule has 0 bridgehead atoms. The fraction of sp³-hybridized carbons (Fsp3) is 0.333. The lowest BCUT2D eigenvalue weighted by molar-refractivity contribution is 0.514. The molecule has 0 aromatic carbocycles. The van der Waals surface area contributed by atoms with Gasteiger partial charge in [-0.2, -0.15) is 0 Å². The van der Waals surface area contributed by atoms with Crippen LogP contribution in [0, 0.1) is 0 Å². The van der Waals surface area contributed by atoms with Gasteiger partial charge in [-0.3, -0.25) is 0 Å². The second kappa shape index (κ2) is 2.98. The van der Waals surface area contributed by atoms with Crippen LogP contribution in [0.3, 0.4) is 0 Å². The molecule has 0 saturated heterocycles. The van der Waals surface area contributed by atoms with Crippen molar-refractivity contribution >= 4 is 11.5 Å². The van der Waals surface area contributed by atoms with Crippen molar-refractivity contribution in [3.8, 4) is 10.8 Å². The van der Waals surface area contributed by atoms with Gasteiger partial charge in [0, 0.05) is 6.42 Å². The van der Waals surface area contributed by atoms with Crippen LogP contribution in [-0.2, 0) is 6.42 Å². The van der Waals surface area contributed by atoms with E-state index in [1.165, 1.54) is 11.5 Å². The molecule has 0 unspecified atom stereocenters. The first-order valence-corrected chi connectivity index (χ1v) is 4.27. The zero-order chi connectivity index (χ0) is 8.39. The second-order valence-corrected chi connectivity index (χ2v) is 2.92. The highest BCUT2D eigenvalue weighted by Gasteiger charge is 2.08. The summed E-state index contributed by atoms with van der Waals surface area (Å²) in [6.45, 7) is 1.96. The summed E-state index contributed by atoms with van der Waals surface area (Å²) in [5.41, 5.74) is 0. The van der Waals surface area contributed by atoms with Crippen molar-refractivity contribution < 1.29 is 4.42 Å². The van der Waals surface area contributed by atoms with Crippen molar-refractivity contribution in [3.63, 3.8) is 0 Å². The molecule has 0 aliphatic carbocycles.